The fourth-order valence-electron chi connectivity index (χ4n) is 5.95. The van der Waals surface area contributed by atoms with Gasteiger partial charge < -0.3 is 50.1 Å². The lowest BCUT2D eigenvalue weighted by Crippen LogP contribution is -2.39. The number of hydrogen-bond donors (Lipinski definition) is 4. The van der Waals surface area contributed by atoms with Gasteiger partial charge in [0, 0.05) is 11.4 Å². The highest BCUT2D eigenvalue weighted by atomic mass is 19.4. The summed E-state index contributed by atoms with van der Waals surface area (Å²) < 4.78 is 104. The van der Waals surface area contributed by atoms with Crippen molar-refractivity contribution in [3.8, 4) is 34.5 Å². The van der Waals surface area contributed by atoms with Crippen LogP contribution < -0.4 is 39.9 Å². The Morgan fingerprint density at radius 1 is 0.554 bits per heavy atom. The van der Waals surface area contributed by atoms with Gasteiger partial charge in [0.05, 0.1) is 31.3 Å². The topological polar surface area (TPSA) is 216 Å². The predicted molar refractivity (Wildman–Crippen MR) is 220 cm³/mol. The van der Waals surface area contributed by atoms with Gasteiger partial charge in [-0.05, 0) is 102 Å². The van der Waals surface area contributed by atoms with E-state index in [-0.39, 0.29) is 51.1 Å². The number of carbonyl (C=O) groups excluding carboxylic acids is 4. The zero-order valence-corrected chi connectivity index (χ0v) is 33.8. The van der Waals surface area contributed by atoms with E-state index in [1.54, 1.807) is 0 Å². The molecule has 0 saturated carbocycles. The van der Waals surface area contributed by atoms with Crippen molar-refractivity contribution in [2.24, 2.45) is 0 Å². The summed E-state index contributed by atoms with van der Waals surface area (Å²) in [6, 6.07) is 21.1. The molecule has 6 N–H and O–H groups in total. The number of anilines is 2. The van der Waals surface area contributed by atoms with Crippen molar-refractivity contribution in [2.45, 2.75) is 30.9 Å². The molecule has 0 aromatic heterocycles. The second kappa shape index (κ2) is 20.6. The molecule has 0 aliphatic rings. The van der Waals surface area contributed by atoms with E-state index in [2.05, 4.69) is 9.47 Å². The van der Waals surface area contributed by atoms with Gasteiger partial charge in [-0.15, -0.1) is 26.3 Å². The van der Waals surface area contributed by atoms with Crippen LogP contribution in [0, 0.1) is 0 Å². The van der Waals surface area contributed by atoms with Gasteiger partial charge in [-0.2, -0.15) is 0 Å². The molecule has 2 unspecified atom stereocenters. The highest BCUT2D eigenvalue weighted by Crippen LogP contribution is 2.35. The number of nitrogen functional groups attached to an aromatic ring is 2. The molecule has 2 atom stereocenters. The van der Waals surface area contributed by atoms with Crippen molar-refractivity contribution in [3.63, 3.8) is 0 Å². The Balaban J connectivity index is 1.24. The van der Waals surface area contributed by atoms with E-state index in [0.717, 1.165) is 62.8 Å². The van der Waals surface area contributed by atoms with Crippen molar-refractivity contribution in [1.82, 2.24) is 0 Å². The number of nitrogens with two attached hydrogens (primary N) is 2. The minimum atomic E-state index is -4.99. The first-order chi connectivity index (χ1) is 30.6. The minimum absolute atomic E-state index is 0.0214. The normalized spacial score (nSPS) is 13.1. The van der Waals surface area contributed by atoms with Crippen LogP contribution in [0.5, 0.6) is 34.5 Å². The summed E-state index contributed by atoms with van der Waals surface area (Å²) in [7, 11) is 2.18. The van der Waals surface area contributed by atoms with Gasteiger partial charge in [-0.3, -0.25) is 9.59 Å². The van der Waals surface area contributed by atoms with Gasteiger partial charge in [0.15, 0.2) is 34.6 Å². The number of rotatable bonds is 17. The van der Waals surface area contributed by atoms with Gasteiger partial charge in [-0.1, -0.05) is 42.5 Å². The van der Waals surface area contributed by atoms with Gasteiger partial charge in [0.2, 0.25) is 0 Å². The Kier molecular flexibility index (Phi) is 15.2. The summed E-state index contributed by atoms with van der Waals surface area (Å²) in [6.07, 6.45) is -9.50. The summed E-state index contributed by atoms with van der Waals surface area (Å²) in [5.74, 6) is -7.40. The van der Waals surface area contributed by atoms with Gasteiger partial charge in [0.25, 0.3) is 0 Å². The van der Waals surface area contributed by atoms with Crippen molar-refractivity contribution in [2.75, 3.05) is 25.7 Å². The van der Waals surface area contributed by atoms with Gasteiger partial charge >= 0.3 is 24.7 Å². The molecule has 340 valence electrons. The summed E-state index contributed by atoms with van der Waals surface area (Å²) >= 11 is 0. The average molecular weight is 911 g/mol. The standard InChI is InChI=1S/C45H36F6N2O12/c1-60-37-21-26(9-19-35(37)64-44(46,47)48)42(58)62-29-12-3-24(4-13-29)7-17-33(54)40(56)39(31-16-11-28(52)23-32(31)53)41(57)34(55)18-8-25-5-14-30(15-6-25)63-43(59)27-10-20-36(38(22-27)61-2)65-45(49,50)51/h3-23,39-41,56-57H,52-53H2,1-2H3/b17-7+,18-8+. The maximum Gasteiger partial charge on any atom is 0.573 e. The molecule has 5 aromatic rings. The number of benzene rings is 5. The predicted octanol–water partition coefficient (Wildman–Crippen LogP) is 7.47. The summed E-state index contributed by atoms with van der Waals surface area (Å²) in [4.78, 5) is 52.1. The largest absolute Gasteiger partial charge is 0.573 e. The molecule has 0 heterocycles. The molecule has 5 aromatic carbocycles. The Labute approximate surface area is 364 Å². The molecular weight excluding hydrogens is 874 g/mol. The summed E-state index contributed by atoms with van der Waals surface area (Å²) in [5.41, 5.74) is 12.6. The van der Waals surface area contributed by atoms with E-state index in [0.29, 0.717) is 11.1 Å². The van der Waals surface area contributed by atoms with Crippen molar-refractivity contribution in [1.29, 1.82) is 0 Å². The number of ketones is 2. The van der Waals surface area contributed by atoms with E-state index < -0.39 is 65.9 Å². The third kappa shape index (κ3) is 13.3. The van der Waals surface area contributed by atoms with Crippen LogP contribution in [0.2, 0.25) is 0 Å². The van der Waals surface area contributed by atoms with Crippen LogP contribution in [0.3, 0.4) is 0 Å². The third-order valence-corrected chi connectivity index (χ3v) is 9.04. The first-order valence-electron chi connectivity index (χ1n) is 18.6. The van der Waals surface area contributed by atoms with Crippen molar-refractivity contribution in [3.05, 3.63) is 143 Å². The number of hydrogen-bond acceptors (Lipinski definition) is 14. The number of aliphatic hydroxyl groups is 2. The molecule has 0 spiro atoms. The Bertz CT molecular complexity index is 2440. The lowest BCUT2D eigenvalue weighted by atomic mass is 9.83. The first-order valence-corrected chi connectivity index (χ1v) is 18.6. The van der Waals surface area contributed by atoms with E-state index in [9.17, 15) is 55.7 Å². The smallest absolute Gasteiger partial charge is 0.493 e. The van der Waals surface area contributed by atoms with E-state index >= 15 is 0 Å². The van der Waals surface area contributed by atoms with Crippen LogP contribution >= 0.6 is 0 Å². The molecule has 0 aliphatic heterocycles. The zero-order chi connectivity index (χ0) is 47.6. The van der Waals surface area contributed by atoms with Gasteiger partial charge in [-0.25, -0.2) is 9.59 Å². The lowest BCUT2D eigenvalue weighted by Gasteiger charge is -2.26. The van der Waals surface area contributed by atoms with Crippen LogP contribution in [-0.4, -0.2) is 72.9 Å². The zero-order valence-electron chi connectivity index (χ0n) is 33.8. The Morgan fingerprint density at radius 2 is 0.954 bits per heavy atom. The van der Waals surface area contributed by atoms with Crippen molar-refractivity contribution < 1.29 is 84.2 Å². The second-order valence-corrected chi connectivity index (χ2v) is 13.5. The van der Waals surface area contributed by atoms with Gasteiger partial charge in [0.1, 0.15) is 23.7 Å². The maximum absolute atomic E-state index is 13.4. The monoisotopic (exact) mass is 910 g/mol. The molecule has 0 saturated heterocycles. The van der Waals surface area contributed by atoms with E-state index in [4.69, 9.17) is 30.4 Å². The number of ether oxygens (including phenoxy) is 6. The SMILES string of the molecule is COc1cc(C(=O)Oc2ccc(/C=C/C(=O)C(O)C(c3ccc(N)cc3N)C(O)C(=O)/C=C/c3ccc(OC(=O)c4ccc(OC(F)(F)F)c(OC)c4)cc3)cc2)ccc1OC(F)(F)F. The first kappa shape index (κ1) is 48.2. The Morgan fingerprint density at radius 3 is 1.31 bits per heavy atom. The van der Waals surface area contributed by atoms with Crippen LogP contribution in [-0.2, 0) is 9.59 Å². The molecule has 0 aliphatic carbocycles. The molecule has 0 fully saturated rings. The van der Waals surface area contributed by atoms with E-state index in [1.807, 2.05) is 0 Å². The van der Waals surface area contributed by atoms with Crippen molar-refractivity contribution >= 4 is 47.0 Å². The summed E-state index contributed by atoms with van der Waals surface area (Å²) in [5, 5.41) is 22.6. The number of carbonyl (C=O) groups is 4. The fraction of sp³-hybridized carbons (Fsp3) is 0.156. The lowest BCUT2D eigenvalue weighted by molar-refractivity contribution is -0.276. The molecule has 20 heteroatoms. The van der Waals surface area contributed by atoms with E-state index in [1.165, 1.54) is 78.9 Å². The molecular formula is C45H36F6N2O12. The molecule has 0 amide bonds. The number of halogens is 6. The maximum atomic E-state index is 13.4. The van der Waals surface area contributed by atoms with Crippen LogP contribution in [0.4, 0.5) is 37.7 Å². The quantitative estimate of drug-likeness (QED) is 0.0234. The third-order valence-electron chi connectivity index (χ3n) is 9.04. The summed E-state index contributed by atoms with van der Waals surface area (Å²) in [6.45, 7) is 0. The highest BCUT2D eigenvalue weighted by Gasteiger charge is 2.37. The molecule has 5 rings (SSSR count). The molecule has 0 radical (unpaired) electrons. The number of alkyl halides is 6. The Hall–Kier alpha value is -7.84. The second-order valence-electron chi connectivity index (χ2n) is 13.5. The molecule has 0 bridgehead atoms. The molecule has 14 nitrogen and oxygen atoms in total. The van der Waals surface area contributed by atoms with Crippen LogP contribution in [0.1, 0.15) is 43.3 Å². The highest BCUT2D eigenvalue weighted by molar-refractivity contribution is 6.01. The average Bonchev–Trinajstić information content (AvgIpc) is 3.25. The minimum Gasteiger partial charge on any atom is -0.493 e. The number of aliphatic hydroxyl groups excluding tert-OH is 2. The molecule has 65 heavy (non-hydrogen) atoms. The number of esters is 2. The fourth-order valence-corrected chi connectivity index (χ4v) is 5.95. The van der Waals surface area contributed by atoms with Crippen LogP contribution in [0.15, 0.2) is 115 Å². The van der Waals surface area contributed by atoms with Crippen LogP contribution in [0.25, 0.3) is 12.2 Å². The number of methoxy groups -OCH3 is 2.